The van der Waals surface area contributed by atoms with Crippen molar-refractivity contribution >= 4 is 21.9 Å². The molecule has 0 unspecified atom stereocenters. The molecule has 2 nitrogen and oxygen atoms in total. The maximum Gasteiger partial charge on any atom is 0.138 e. The number of benzene rings is 3. The Balaban J connectivity index is 2.08. The molecule has 0 spiro atoms. The lowest BCUT2D eigenvalue weighted by molar-refractivity contribution is 0.476. The number of phenols is 1. The largest absolute Gasteiger partial charge is 0.507 e. The van der Waals surface area contributed by atoms with Crippen LogP contribution in [0.5, 0.6) is 5.75 Å². The minimum Gasteiger partial charge on any atom is -0.507 e. The van der Waals surface area contributed by atoms with Gasteiger partial charge in [0.15, 0.2) is 0 Å². The molecule has 1 aromatic heterocycles. The number of rotatable bonds is 1. The van der Waals surface area contributed by atoms with Crippen LogP contribution < -0.4 is 0 Å². The van der Waals surface area contributed by atoms with Gasteiger partial charge < -0.3 is 9.52 Å². The highest BCUT2D eigenvalue weighted by atomic mass is 19.1. The second kappa shape index (κ2) is 4.35. The first kappa shape index (κ1) is 12.0. The SMILES string of the molecule is Oc1ccccc1-c1cc2c(cc1F)oc1ccccc12. The van der Waals surface area contributed by atoms with E-state index in [-0.39, 0.29) is 5.75 Å². The molecule has 0 fully saturated rings. The number of para-hydroxylation sites is 2. The van der Waals surface area contributed by atoms with Gasteiger partial charge in [0.05, 0.1) is 0 Å². The Bertz CT molecular complexity index is 969. The Morgan fingerprint density at radius 1 is 0.762 bits per heavy atom. The van der Waals surface area contributed by atoms with Gasteiger partial charge in [0.1, 0.15) is 22.7 Å². The maximum atomic E-state index is 14.3. The number of aromatic hydroxyl groups is 1. The van der Waals surface area contributed by atoms with Crippen LogP contribution in [0, 0.1) is 5.82 Å². The molecule has 0 amide bonds. The van der Waals surface area contributed by atoms with Crippen molar-refractivity contribution in [3.8, 4) is 16.9 Å². The zero-order valence-corrected chi connectivity index (χ0v) is 11.0. The van der Waals surface area contributed by atoms with Crippen molar-refractivity contribution in [3.05, 3.63) is 66.5 Å². The molecule has 102 valence electrons. The highest BCUT2D eigenvalue weighted by Gasteiger charge is 2.14. The minimum atomic E-state index is -0.414. The monoisotopic (exact) mass is 278 g/mol. The molecule has 0 aliphatic rings. The summed E-state index contributed by atoms with van der Waals surface area (Å²) in [5.74, 6) is -0.355. The number of hydrogen-bond acceptors (Lipinski definition) is 2. The third-order valence-corrected chi connectivity index (χ3v) is 3.66. The van der Waals surface area contributed by atoms with Gasteiger partial charge in [0.25, 0.3) is 0 Å². The zero-order valence-electron chi connectivity index (χ0n) is 11.0. The first-order chi connectivity index (χ1) is 10.2. The van der Waals surface area contributed by atoms with Crippen LogP contribution in [0.3, 0.4) is 0 Å². The summed E-state index contributed by atoms with van der Waals surface area (Å²) in [6, 6.07) is 17.4. The van der Waals surface area contributed by atoms with E-state index in [4.69, 9.17) is 4.42 Å². The van der Waals surface area contributed by atoms with E-state index in [0.717, 1.165) is 16.4 Å². The van der Waals surface area contributed by atoms with Crippen LogP contribution in [-0.2, 0) is 0 Å². The summed E-state index contributed by atoms with van der Waals surface area (Å²) in [6.45, 7) is 0. The molecule has 3 heteroatoms. The average molecular weight is 278 g/mol. The van der Waals surface area contributed by atoms with E-state index >= 15 is 0 Å². The lowest BCUT2D eigenvalue weighted by atomic mass is 10.0. The van der Waals surface area contributed by atoms with Crippen LogP contribution in [0.1, 0.15) is 0 Å². The Kier molecular flexibility index (Phi) is 2.48. The van der Waals surface area contributed by atoms with Crippen LogP contribution in [0.25, 0.3) is 33.1 Å². The fourth-order valence-corrected chi connectivity index (χ4v) is 2.65. The molecule has 0 aliphatic heterocycles. The summed E-state index contributed by atoms with van der Waals surface area (Å²) in [5, 5.41) is 11.7. The Morgan fingerprint density at radius 3 is 2.38 bits per heavy atom. The van der Waals surface area contributed by atoms with E-state index < -0.39 is 5.82 Å². The summed E-state index contributed by atoms with van der Waals surface area (Å²) in [7, 11) is 0. The normalized spacial score (nSPS) is 11.3. The molecule has 0 atom stereocenters. The van der Waals surface area contributed by atoms with Gasteiger partial charge in [-0.2, -0.15) is 0 Å². The van der Waals surface area contributed by atoms with E-state index in [0.29, 0.717) is 16.7 Å². The maximum absolute atomic E-state index is 14.3. The van der Waals surface area contributed by atoms with Crippen LogP contribution in [0.2, 0.25) is 0 Å². The predicted molar refractivity (Wildman–Crippen MR) is 80.8 cm³/mol. The second-order valence-corrected chi connectivity index (χ2v) is 4.94. The molecular formula is C18H11FO2. The van der Waals surface area contributed by atoms with Crippen molar-refractivity contribution in [1.82, 2.24) is 0 Å². The van der Waals surface area contributed by atoms with Crippen molar-refractivity contribution in [1.29, 1.82) is 0 Å². The van der Waals surface area contributed by atoms with E-state index in [9.17, 15) is 9.50 Å². The summed E-state index contributed by atoms with van der Waals surface area (Å²) in [4.78, 5) is 0. The van der Waals surface area contributed by atoms with Gasteiger partial charge in [-0.15, -0.1) is 0 Å². The number of halogens is 1. The van der Waals surface area contributed by atoms with Crippen LogP contribution >= 0.6 is 0 Å². The first-order valence-corrected chi connectivity index (χ1v) is 6.63. The van der Waals surface area contributed by atoms with Crippen molar-refractivity contribution in [3.63, 3.8) is 0 Å². The summed E-state index contributed by atoms with van der Waals surface area (Å²) < 4.78 is 20.0. The van der Waals surface area contributed by atoms with E-state index in [2.05, 4.69) is 0 Å². The van der Waals surface area contributed by atoms with E-state index in [1.807, 2.05) is 24.3 Å². The molecular weight excluding hydrogens is 267 g/mol. The molecule has 1 N–H and O–H groups in total. The van der Waals surface area contributed by atoms with Crippen molar-refractivity contribution in [2.45, 2.75) is 0 Å². The lowest BCUT2D eigenvalue weighted by Crippen LogP contribution is -1.85. The Labute approximate surface area is 120 Å². The molecule has 4 rings (SSSR count). The van der Waals surface area contributed by atoms with E-state index in [1.54, 1.807) is 30.3 Å². The molecule has 21 heavy (non-hydrogen) atoms. The van der Waals surface area contributed by atoms with Crippen LogP contribution in [-0.4, -0.2) is 5.11 Å². The number of furan rings is 1. The molecule has 0 saturated heterocycles. The summed E-state index contributed by atoms with van der Waals surface area (Å²) in [5.41, 5.74) is 2.07. The molecule has 0 aliphatic carbocycles. The first-order valence-electron chi connectivity index (χ1n) is 6.63. The van der Waals surface area contributed by atoms with Crippen molar-refractivity contribution < 1.29 is 13.9 Å². The smallest absolute Gasteiger partial charge is 0.138 e. The molecule has 0 bridgehead atoms. The molecule has 0 radical (unpaired) electrons. The summed E-state index contributed by atoms with van der Waals surface area (Å²) >= 11 is 0. The second-order valence-electron chi connectivity index (χ2n) is 4.94. The van der Waals surface area contributed by atoms with Crippen LogP contribution in [0.4, 0.5) is 4.39 Å². The third kappa shape index (κ3) is 1.78. The predicted octanol–water partition coefficient (Wildman–Crippen LogP) is 5.10. The molecule has 0 saturated carbocycles. The highest BCUT2D eigenvalue weighted by Crippen LogP contribution is 2.36. The third-order valence-electron chi connectivity index (χ3n) is 3.66. The van der Waals surface area contributed by atoms with Gasteiger partial charge in [-0.1, -0.05) is 36.4 Å². The van der Waals surface area contributed by atoms with Gasteiger partial charge in [-0.25, -0.2) is 4.39 Å². The molecule has 1 heterocycles. The topological polar surface area (TPSA) is 33.4 Å². The van der Waals surface area contributed by atoms with Gasteiger partial charge >= 0.3 is 0 Å². The number of hydrogen-bond donors (Lipinski definition) is 1. The van der Waals surface area contributed by atoms with Gasteiger partial charge in [0, 0.05) is 28.0 Å². The number of fused-ring (bicyclic) bond motifs is 3. The van der Waals surface area contributed by atoms with Crippen LogP contribution in [0.15, 0.2) is 65.1 Å². The van der Waals surface area contributed by atoms with Crippen molar-refractivity contribution in [2.75, 3.05) is 0 Å². The highest BCUT2D eigenvalue weighted by molar-refractivity contribution is 6.06. The Hall–Kier alpha value is -2.81. The van der Waals surface area contributed by atoms with Crippen molar-refractivity contribution in [2.24, 2.45) is 0 Å². The standard InChI is InChI=1S/C18H11FO2/c19-15-10-18-14(12-6-2-4-8-17(12)21-18)9-13(15)11-5-1-3-7-16(11)20/h1-10,20H. The minimum absolute atomic E-state index is 0.0588. The Morgan fingerprint density at radius 2 is 1.52 bits per heavy atom. The van der Waals surface area contributed by atoms with Gasteiger partial charge in [0.2, 0.25) is 0 Å². The molecule has 4 aromatic rings. The average Bonchev–Trinajstić information content (AvgIpc) is 2.84. The summed E-state index contributed by atoms with van der Waals surface area (Å²) in [6.07, 6.45) is 0. The van der Waals surface area contributed by atoms with Gasteiger partial charge in [-0.3, -0.25) is 0 Å². The zero-order chi connectivity index (χ0) is 14.4. The fraction of sp³-hybridized carbons (Fsp3) is 0. The lowest BCUT2D eigenvalue weighted by Gasteiger charge is -2.06. The van der Waals surface area contributed by atoms with E-state index in [1.165, 1.54) is 6.07 Å². The quantitative estimate of drug-likeness (QED) is 0.525. The fourth-order valence-electron chi connectivity index (χ4n) is 2.65. The van der Waals surface area contributed by atoms with Gasteiger partial charge in [-0.05, 0) is 18.2 Å². The molecule has 3 aromatic carbocycles. The number of phenolic OH excluding ortho intramolecular Hbond substituents is 1.